The number of rotatable bonds is 2. The number of likely N-dealkylation sites (tertiary alicyclic amines) is 1. The van der Waals surface area contributed by atoms with E-state index in [0.29, 0.717) is 13.2 Å². The molecule has 2 N–H and O–H groups in total. The first-order valence-corrected chi connectivity index (χ1v) is 12.2. The zero-order valence-electron chi connectivity index (χ0n) is 20.9. The van der Waals surface area contributed by atoms with Crippen LogP contribution in [0.2, 0.25) is 0 Å². The van der Waals surface area contributed by atoms with Crippen LogP contribution in [0.5, 0.6) is 0 Å². The molecular weight excluding hydrogens is 438 g/mol. The second-order valence-corrected chi connectivity index (χ2v) is 10.3. The minimum absolute atomic E-state index is 0.0482. The quantitative estimate of drug-likeness (QED) is 0.645. The highest BCUT2D eigenvalue weighted by molar-refractivity contribution is 5.87. The minimum Gasteiger partial charge on any atom is -0.444 e. The van der Waals surface area contributed by atoms with Gasteiger partial charge in [0, 0.05) is 31.6 Å². The predicted molar refractivity (Wildman–Crippen MR) is 138 cm³/mol. The number of carbonyl (C=O) groups is 1. The zero-order valence-corrected chi connectivity index (χ0v) is 20.9. The molecule has 5 rings (SSSR count). The number of nitrogens with one attached hydrogen (secondary N) is 2. The van der Waals surface area contributed by atoms with Crippen LogP contribution < -0.4 is 10.6 Å². The fourth-order valence-electron chi connectivity index (χ4n) is 4.79. The van der Waals surface area contributed by atoms with Crippen LogP contribution in [0.1, 0.15) is 44.7 Å². The van der Waals surface area contributed by atoms with Gasteiger partial charge in [-0.25, -0.2) is 4.79 Å². The van der Waals surface area contributed by atoms with E-state index in [1.807, 2.05) is 31.9 Å². The van der Waals surface area contributed by atoms with Gasteiger partial charge in [0.15, 0.2) is 0 Å². The molecule has 1 saturated heterocycles. The lowest BCUT2D eigenvalue weighted by Gasteiger charge is -2.34. The highest BCUT2D eigenvalue weighted by atomic mass is 16.6. The highest BCUT2D eigenvalue weighted by Gasteiger charge is 2.37. The number of allylic oxidation sites excluding steroid dienone is 1. The van der Waals surface area contributed by atoms with Crippen LogP contribution in [0.15, 0.2) is 54.5 Å². The molecule has 0 aromatic heterocycles. The Morgan fingerprint density at radius 3 is 2.57 bits per heavy atom. The highest BCUT2D eigenvalue weighted by Crippen LogP contribution is 2.28. The summed E-state index contributed by atoms with van der Waals surface area (Å²) in [6, 6.07) is 12.9. The molecule has 3 aliphatic heterocycles. The molecule has 0 radical (unpaired) electrons. The van der Waals surface area contributed by atoms with Crippen molar-refractivity contribution < 1.29 is 9.53 Å². The SMILES string of the molecule is CN1CNC=C1c1ccc2cc(C#CC3=CNCN3C3CCCN3C(=O)OC(C)(C)C)ccc2c1. The second-order valence-electron chi connectivity index (χ2n) is 10.3. The fraction of sp³-hybridized carbons (Fsp3) is 0.393. The molecular formula is C28H33N5O2. The lowest BCUT2D eigenvalue weighted by molar-refractivity contribution is 0.00793. The van der Waals surface area contributed by atoms with Gasteiger partial charge in [0.1, 0.15) is 17.5 Å². The molecule has 1 fully saturated rings. The number of nitrogens with zero attached hydrogens (tertiary/aromatic N) is 3. The standard InChI is InChI=1S/C28H33N5O2/c1-28(2,3)35-27(34)32-13-5-6-26(32)33-19-29-16-24(33)12-8-20-7-9-22-15-23(11-10-21(22)14-20)25-17-30-18-31(25)4/h7,9-11,14-17,26,29-30H,5-6,13,18-19H2,1-4H3. The maximum atomic E-state index is 12.8. The van der Waals surface area contributed by atoms with E-state index in [-0.39, 0.29) is 12.3 Å². The third kappa shape index (κ3) is 4.88. The van der Waals surface area contributed by atoms with Crippen LogP contribution in [0.3, 0.4) is 0 Å². The van der Waals surface area contributed by atoms with Crippen molar-refractivity contribution in [2.24, 2.45) is 0 Å². The first kappa shape index (κ1) is 23.0. The third-order valence-electron chi connectivity index (χ3n) is 6.47. The molecule has 2 aromatic carbocycles. The van der Waals surface area contributed by atoms with Gasteiger partial charge in [0.05, 0.1) is 19.0 Å². The van der Waals surface area contributed by atoms with Gasteiger partial charge >= 0.3 is 6.09 Å². The summed E-state index contributed by atoms with van der Waals surface area (Å²) in [5.41, 5.74) is 3.75. The summed E-state index contributed by atoms with van der Waals surface area (Å²) in [4.78, 5) is 18.9. The van der Waals surface area contributed by atoms with Crippen molar-refractivity contribution in [3.05, 3.63) is 65.6 Å². The van der Waals surface area contributed by atoms with Crippen LogP contribution in [-0.4, -0.2) is 59.5 Å². The summed E-state index contributed by atoms with van der Waals surface area (Å²) in [6.45, 7) is 7.86. The average molecular weight is 472 g/mol. The third-order valence-corrected chi connectivity index (χ3v) is 6.47. The normalized spacial score (nSPS) is 19.7. The first-order chi connectivity index (χ1) is 16.8. The van der Waals surface area contributed by atoms with Crippen molar-refractivity contribution in [1.29, 1.82) is 0 Å². The van der Waals surface area contributed by atoms with E-state index < -0.39 is 5.60 Å². The van der Waals surface area contributed by atoms with Gasteiger partial charge in [-0.3, -0.25) is 4.90 Å². The van der Waals surface area contributed by atoms with Crippen LogP contribution in [0, 0.1) is 11.8 Å². The predicted octanol–water partition coefficient (Wildman–Crippen LogP) is 4.04. The van der Waals surface area contributed by atoms with Crippen molar-refractivity contribution in [3.63, 3.8) is 0 Å². The van der Waals surface area contributed by atoms with Crippen molar-refractivity contribution in [3.8, 4) is 11.8 Å². The summed E-state index contributed by atoms with van der Waals surface area (Å²) in [7, 11) is 2.09. The molecule has 2 aromatic rings. The Morgan fingerprint density at radius 2 is 1.80 bits per heavy atom. The maximum absolute atomic E-state index is 12.8. The monoisotopic (exact) mass is 471 g/mol. The molecule has 0 bridgehead atoms. The van der Waals surface area contributed by atoms with E-state index in [2.05, 4.69) is 81.9 Å². The number of fused-ring (bicyclic) bond motifs is 1. The number of hydrogen-bond acceptors (Lipinski definition) is 6. The van der Waals surface area contributed by atoms with Crippen LogP contribution in [0.4, 0.5) is 4.79 Å². The molecule has 7 heteroatoms. The molecule has 1 amide bonds. The van der Waals surface area contributed by atoms with E-state index in [1.165, 1.54) is 16.6 Å². The number of amides is 1. The van der Waals surface area contributed by atoms with E-state index in [9.17, 15) is 4.79 Å². The molecule has 35 heavy (non-hydrogen) atoms. The Kier molecular flexibility index (Phi) is 5.98. The van der Waals surface area contributed by atoms with Gasteiger partial charge in [-0.2, -0.15) is 0 Å². The van der Waals surface area contributed by atoms with Crippen LogP contribution >= 0.6 is 0 Å². The Hall–Kier alpha value is -3.79. The largest absolute Gasteiger partial charge is 0.444 e. The van der Waals surface area contributed by atoms with E-state index >= 15 is 0 Å². The van der Waals surface area contributed by atoms with Gasteiger partial charge in [-0.1, -0.05) is 24.1 Å². The van der Waals surface area contributed by atoms with Gasteiger partial charge in [0.25, 0.3) is 0 Å². The average Bonchev–Trinajstić information content (AvgIpc) is 3.56. The number of carbonyl (C=O) groups excluding carboxylic acids is 1. The van der Waals surface area contributed by atoms with Crippen molar-refractivity contribution in [1.82, 2.24) is 25.3 Å². The topological polar surface area (TPSA) is 60.1 Å². The molecule has 1 unspecified atom stereocenters. The van der Waals surface area contributed by atoms with Crippen molar-refractivity contribution >= 4 is 22.6 Å². The van der Waals surface area contributed by atoms with E-state index in [1.54, 1.807) is 0 Å². The zero-order chi connectivity index (χ0) is 24.6. The molecule has 0 saturated carbocycles. The van der Waals surface area contributed by atoms with Crippen molar-refractivity contribution in [2.75, 3.05) is 26.9 Å². The minimum atomic E-state index is -0.510. The van der Waals surface area contributed by atoms with Crippen LogP contribution in [0.25, 0.3) is 16.5 Å². The van der Waals surface area contributed by atoms with E-state index in [4.69, 9.17) is 4.74 Å². The Bertz CT molecular complexity index is 1260. The summed E-state index contributed by atoms with van der Waals surface area (Å²) in [6.07, 6.45) is 5.54. The van der Waals surface area contributed by atoms with Crippen LogP contribution in [-0.2, 0) is 4.74 Å². The Morgan fingerprint density at radius 1 is 1.03 bits per heavy atom. The second kappa shape index (κ2) is 9.10. The summed E-state index contributed by atoms with van der Waals surface area (Å²) in [5, 5.41) is 8.90. The molecule has 0 aliphatic carbocycles. The molecule has 182 valence electrons. The van der Waals surface area contributed by atoms with Crippen molar-refractivity contribution in [2.45, 2.75) is 45.4 Å². The Labute approximate surface area is 207 Å². The molecule has 7 nitrogen and oxygen atoms in total. The first-order valence-electron chi connectivity index (χ1n) is 12.2. The summed E-state index contributed by atoms with van der Waals surface area (Å²) < 4.78 is 5.64. The number of benzene rings is 2. The number of hydrogen-bond donors (Lipinski definition) is 2. The van der Waals surface area contributed by atoms with Gasteiger partial charge in [-0.05, 0) is 74.1 Å². The summed E-state index contributed by atoms with van der Waals surface area (Å²) in [5.74, 6) is 6.66. The Balaban J connectivity index is 1.32. The van der Waals surface area contributed by atoms with Gasteiger partial charge < -0.3 is 25.2 Å². The lowest BCUT2D eigenvalue weighted by atomic mass is 10.0. The summed E-state index contributed by atoms with van der Waals surface area (Å²) >= 11 is 0. The van der Waals surface area contributed by atoms with Gasteiger partial charge in [0.2, 0.25) is 0 Å². The number of ether oxygens (including phenoxy) is 1. The van der Waals surface area contributed by atoms with Gasteiger partial charge in [-0.15, -0.1) is 0 Å². The molecule has 3 heterocycles. The molecule has 1 atom stereocenters. The molecule has 0 spiro atoms. The smallest absolute Gasteiger partial charge is 0.411 e. The lowest BCUT2D eigenvalue weighted by Crippen LogP contribution is -2.48. The van der Waals surface area contributed by atoms with E-state index in [0.717, 1.165) is 36.2 Å². The fourth-order valence-corrected chi connectivity index (χ4v) is 4.79. The maximum Gasteiger partial charge on any atom is 0.411 e. The molecule has 3 aliphatic rings.